The van der Waals surface area contributed by atoms with E-state index in [1.807, 2.05) is 6.92 Å². The monoisotopic (exact) mass is 308 g/mol. The number of benzene rings is 1. The number of carbonyl (C=O) groups excluding carboxylic acids is 1. The van der Waals surface area contributed by atoms with Gasteiger partial charge in [-0.2, -0.15) is 4.31 Å². The van der Waals surface area contributed by atoms with Gasteiger partial charge >= 0.3 is 0 Å². The van der Waals surface area contributed by atoms with E-state index in [-0.39, 0.29) is 30.2 Å². The smallest absolute Gasteiger partial charge is 0.243 e. The second-order valence-corrected chi connectivity index (χ2v) is 6.90. The van der Waals surface area contributed by atoms with Crippen LogP contribution in [0.1, 0.15) is 18.4 Å². The van der Waals surface area contributed by atoms with E-state index in [9.17, 15) is 13.2 Å². The van der Waals surface area contributed by atoms with E-state index in [1.165, 1.54) is 4.31 Å². The molecule has 1 fully saturated rings. The van der Waals surface area contributed by atoms with Gasteiger partial charge in [0, 0.05) is 24.4 Å². The van der Waals surface area contributed by atoms with E-state index in [1.54, 1.807) is 24.3 Å². The van der Waals surface area contributed by atoms with Crippen LogP contribution in [0.5, 0.6) is 0 Å². The Hall–Kier alpha value is -1.89. The number of hydrogen-bond acceptors (Lipinski definition) is 4. The average Bonchev–Trinajstić information content (AvgIpc) is 2.63. The van der Waals surface area contributed by atoms with E-state index in [4.69, 9.17) is 5.53 Å². The first kappa shape index (κ1) is 15.5. The van der Waals surface area contributed by atoms with Gasteiger partial charge in [0.05, 0.1) is 4.90 Å². The van der Waals surface area contributed by atoms with Crippen molar-refractivity contribution in [2.24, 2.45) is 5.11 Å². The summed E-state index contributed by atoms with van der Waals surface area (Å²) in [5, 5.41) is 3.42. The van der Waals surface area contributed by atoms with Crippen LogP contribution in [0.4, 0.5) is 0 Å². The van der Waals surface area contributed by atoms with Crippen molar-refractivity contribution in [2.75, 3.05) is 13.1 Å². The first-order valence-electron chi connectivity index (χ1n) is 6.59. The molecule has 0 aromatic heterocycles. The third-order valence-corrected chi connectivity index (χ3v) is 5.31. The normalized spacial score (nSPS) is 20.6. The topological polar surface area (TPSA) is 103 Å². The highest BCUT2D eigenvalue weighted by molar-refractivity contribution is 7.89. The van der Waals surface area contributed by atoms with Gasteiger partial charge in [-0.3, -0.25) is 4.79 Å². The lowest BCUT2D eigenvalue weighted by atomic mass is 10.1. The predicted molar refractivity (Wildman–Crippen MR) is 77.1 cm³/mol. The number of carbonyl (C=O) groups is 1. The number of sulfonamides is 1. The standard InChI is InChI=1S/C13H16N4O3S/c1-10-4-6-11(7-5-10)21(19,20)17-8-2-3-13(18)12(9-17)15-16-14/h4-7,12H,2-3,8-9H2,1H3. The lowest BCUT2D eigenvalue weighted by Crippen LogP contribution is -2.37. The van der Waals surface area contributed by atoms with Crippen LogP contribution < -0.4 is 0 Å². The molecule has 7 nitrogen and oxygen atoms in total. The molecular formula is C13H16N4O3S. The third-order valence-electron chi connectivity index (χ3n) is 3.43. The molecule has 1 saturated heterocycles. The molecule has 1 aromatic carbocycles. The Kier molecular flexibility index (Phi) is 4.62. The zero-order chi connectivity index (χ0) is 15.5. The minimum atomic E-state index is -3.68. The van der Waals surface area contributed by atoms with E-state index >= 15 is 0 Å². The maximum absolute atomic E-state index is 12.6. The first-order valence-corrected chi connectivity index (χ1v) is 8.03. The highest BCUT2D eigenvalue weighted by atomic mass is 32.2. The van der Waals surface area contributed by atoms with Crippen LogP contribution >= 0.6 is 0 Å². The average molecular weight is 308 g/mol. The van der Waals surface area contributed by atoms with Gasteiger partial charge in [-0.25, -0.2) is 8.42 Å². The van der Waals surface area contributed by atoms with E-state index in [0.717, 1.165) is 5.56 Å². The number of aryl methyl sites for hydroxylation is 1. The largest absolute Gasteiger partial charge is 0.299 e. The molecule has 0 radical (unpaired) electrons. The minimum absolute atomic E-state index is 0.0981. The van der Waals surface area contributed by atoms with Crippen molar-refractivity contribution in [1.29, 1.82) is 0 Å². The molecule has 21 heavy (non-hydrogen) atoms. The molecule has 1 atom stereocenters. The van der Waals surface area contributed by atoms with Crippen molar-refractivity contribution >= 4 is 15.8 Å². The minimum Gasteiger partial charge on any atom is -0.299 e. The molecule has 112 valence electrons. The van der Waals surface area contributed by atoms with Gasteiger partial charge in [-0.05, 0) is 31.0 Å². The molecular weight excluding hydrogens is 292 g/mol. The molecule has 1 unspecified atom stereocenters. The summed E-state index contributed by atoms with van der Waals surface area (Å²) >= 11 is 0. The summed E-state index contributed by atoms with van der Waals surface area (Å²) in [6, 6.07) is 5.58. The molecule has 0 bridgehead atoms. The number of ketones is 1. The Morgan fingerprint density at radius 2 is 2.00 bits per heavy atom. The van der Waals surface area contributed by atoms with Gasteiger partial charge in [0.25, 0.3) is 0 Å². The van der Waals surface area contributed by atoms with Crippen molar-refractivity contribution in [2.45, 2.75) is 30.7 Å². The molecule has 0 aliphatic carbocycles. The van der Waals surface area contributed by atoms with Crippen LogP contribution in [0.2, 0.25) is 0 Å². The molecule has 8 heteroatoms. The number of hydrogen-bond donors (Lipinski definition) is 0. The van der Waals surface area contributed by atoms with Crippen LogP contribution in [0, 0.1) is 6.92 Å². The summed E-state index contributed by atoms with van der Waals surface area (Å²) in [5.74, 6) is -0.214. The summed E-state index contributed by atoms with van der Waals surface area (Å²) in [5.41, 5.74) is 9.47. The van der Waals surface area contributed by atoms with Gasteiger partial charge in [0.1, 0.15) is 11.8 Å². The van der Waals surface area contributed by atoms with Crippen LogP contribution in [0.15, 0.2) is 34.3 Å². The van der Waals surface area contributed by atoms with E-state index in [0.29, 0.717) is 6.42 Å². The molecule has 1 aromatic rings. The maximum atomic E-state index is 12.6. The molecule has 0 spiro atoms. The zero-order valence-corrected chi connectivity index (χ0v) is 12.5. The SMILES string of the molecule is Cc1ccc(S(=O)(=O)N2CCCC(=O)C(N=[N+]=[N-])C2)cc1. The van der Waals surface area contributed by atoms with Crippen LogP contribution in [-0.4, -0.2) is 37.6 Å². The van der Waals surface area contributed by atoms with Crippen molar-refractivity contribution < 1.29 is 13.2 Å². The fourth-order valence-electron chi connectivity index (χ4n) is 2.22. The van der Waals surface area contributed by atoms with Crippen LogP contribution in [0.3, 0.4) is 0 Å². The van der Waals surface area contributed by atoms with Gasteiger partial charge in [0.2, 0.25) is 10.0 Å². The Morgan fingerprint density at radius 1 is 1.33 bits per heavy atom. The second kappa shape index (κ2) is 6.26. The van der Waals surface area contributed by atoms with Crippen molar-refractivity contribution in [3.63, 3.8) is 0 Å². The quantitative estimate of drug-likeness (QED) is 0.484. The Morgan fingerprint density at radius 3 is 2.62 bits per heavy atom. The van der Waals surface area contributed by atoms with Crippen molar-refractivity contribution in [1.82, 2.24) is 4.31 Å². The zero-order valence-electron chi connectivity index (χ0n) is 11.6. The Labute approximate surface area is 123 Å². The summed E-state index contributed by atoms with van der Waals surface area (Å²) in [6.07, 6.45) is 0.658. The van der Waals surface area contributed by atoms with E-state index in [2.05, 4.69) is 10.0 Å². The summed E-state index contributed by atoms with van der Waals surface area (Å²) in [4.78, 5) is 14.6. The Bertz CT molecular complexity index is 678. The number of Topliss-reactive ketones (excluding diaryl/α,β-unsaturated/α-hetero) is 1. The lowest BCUT2D eigenvalue weighted by Gasteiger charge is -2.21. The highest BCUT2D eigenvalue weighted by Gasteiger charge is 2.31. The van der Waals surface area contributed by atoms with Crippen molar-refractivity contribution in [3.05, 3.63) is 40.3 Å². The Balaban J connectivity index is 2.32. The molecule has 0 saturated carbocycles. The van der Waals surface area contributed by atoms with Gasteiger partial charge in [0.15, 0.2) is 0 Å². The summed E-state index contributed by atoms with van der Waals surface area (Å²) in [7, 11) is -3.68. The fourth-order valence-corrected chi connectivity index (χ4v) is 3.71. The molecule has 0 N–H and O–H groups in total. The van der Waals surface area contributed by atoms with Gasteiger partial charge in [-0.1, -0.05) is 22.8 Å². The summed E-state index contributed by atoms with van der Waals surface area (Å²) < 4.78 is 26.4. The number of nitrogens with zero attached hydrogens (tertiary/aromatic N) is 4. The number of rotatable bonds is 3. The first-order chi connectivity index (χ1) is 9.95. The molecule has 1 heterocycles. The summed E-state index contributed by atoms with van der Waals surface area (Å²) in [6.45, 7) is 2.02. The lowest BCUT2D eigenvalue weighted by molar-refractivity contribution is -0.119. The van der Waals surface area contributed by atoms with Gasteiger partial charge in [-0.15, -0.1) is 0 Å². The van der Waals surface area contributed by atoms with Crippen LogP contribution in [0.25, 0.3) is 10.4 Å². The second-order valence-electron chi connectivity index (χ2n) is 4.97. The van der Waals surface area contributed by atoms with Crippen LogP contribution in [-0.2, 0) is 14.8 Å². The molecule has 1 aliphatic heterocycles. The number of azide groups is 1. The maximum Gasteiger partial charge on any atom is 0.243 e. The molecule has 0 amide bonds. The van der Waals surface area contributed by atoms with Crippen molar-refractivity contribution in [3.8, 4) is 0 Å². The molecule has 1 aliphatic rings. The van der Waals surface area contributed by atoms with Gasteiger partial charge < -0.3 is 0 Å². The third kappa shape index (κ3) is 3.41. The molecule has 2 rings (SSSR count). The van der Waals surface area contributed by atoms with E-state index < -0.39 is 16.1 Å². The highest BCUT2D eigenvalue weighted by Crippen LogP contribution is 2.20. The predicted octanol–water partition coefficient (Wildman–Crippen LogP) is 2.03. The fraction of sp³-hybridized carbons (Fsp3) is 0.462.